The highest BCUT2D eigenvalue weighted by atomic mass is 127. The summed E-state index contributed by atoms with van der Waals surface area (Å²) in [6, 6.07) is 7.19. The summed E-state index contributed by atoms with van der Waals surface area (Å²) >= 11 is 0. The first-order chi connectivity index (χ1) is 14.6. The predicted molar refractivity (Wildman–Crippen MR) is 139 cm³/mol. The number of guanidine groups is 1. The van der Waals surface area contributed by atoms with Gasteiger partial charge in [0.25, 0.3) is 0 Å². The number of piperidine rings is 1. The largest absolute Gasteiger partial charge is 0.493 e. The number of likely N-dealkylation sites (tertiary alicyclic amines) is 1. The van der Waals surface area contributed by atoms with Crippen LogP contribution in [0.25, 0.3) is 0 Å². The van der Waals surface area contributed by atoms with E-state index >= 15 is 0 Å². The number of nitrogens with one attached hydrogen (secondary N) is 2. The lowest BCUT2D eigenvalue weighted by Gasteiger charge is -2.35. The Morgan fingerprint density at radius 2 is 1.87 bits per heavy atom. The minimum Gasteiger partial charge on any atom is -0.493 e. The molecule has 1 aromatic rings. The third-order valence-electron chi connectivity index (χ3n) is 6.22. The van der Waals surface area contributed by atoms with Gasteiger partial charge in [0.05, 0.1) is 19.8 Å². The molecule has 1 aromatic carbocycles. The zero-order valence-electron chi connectivity index (χ0n) is 19.7. The predicted octanol–water partition coefficient (Wildman–Crippen LogP) is 4.56. The van der Waals surface area contributed by atoms with Crippen molar-refractivity contribution >= 4 is 29.9 Å². The van der Waals surface area contributed by atoms with Crippen molar-refractivity contribution in [1.82, 2.24) is 15.5 Å². The summed E-state index contributed by atoms with van der Waals surface area (Å²) in [7, 11) is 1.71. The van der Waals surface area contributed by atoms with Crippen molar-refractivity contribution in [3.8, 4) is 11.5 Å². The lowest BCUT2D eigenvalue weighted by atomic mass is 10.0. The summed E-state index contributed by atoms with van der Waals surface area (Å²) < 4.78 is 12.0. The quantitative estimate of drug-likeness (QED) is 0.286. The van der Waals surface area contributed by atoms with Crippen molar-refractivity contribution in [2.45, 2.75) is 84.0 Å². The number of ether oxygens (including phenoxy) is 2. The van der Waals surface area contributed by atoms with Crippen molar-refractivity contribution < 1.29 is 9.47 Å². The number of hydrogen-bond acceptors (Lipinski definition) is 4. The zero-order chi connectivity index (χ0) is 21.3. The summed E-state index contributed by atoms with van der Waals surface area (Å²) in [5.74, 6) is 2.54. The van der Waals surface area contributed by atoms with Gasteiger partial charge in [-0.05, 0) is 65.4 Å². The van der Waals surface area contributed by atoms with Gasteiger partial charge in [0.2, 0.25) is 0 Å². The van der Waals surface area contributed by atoms with Gasteiger partial charge >= 0.3 is 0 Å². The molecule has 1 aliphatic heterocycles. The Morgan fingerprint density at radius 1 is 1.16 bits per heavy atom. The molecule has 176 valence electrons. The Bertz CT molecular complexity index is 684. The summed E-state index contributed by atoms with van der Waals surface area (Å²) in [6.45, 7) is 10.4. The number of rotatable bonds is 8. The molecule has 0 bridgehead atoms. The van der Waals surface area contributed by atoms with Gasteiger partial charge in [0.15, 0.2) is 17.5 Å². The number of methoxy groups -OCH3 is 1. The van der Waals surface area contributed by atoms with Crippen LogP contribution in [0.1, 0.15) is 64.9 Å². The molecule has 1 heterocycles. The fourth-order valence-electron chi connectivity index (χ4n) is 4.39. The smallest absolute Gasteiger partial charge is 0.191 e. The maximum absolute atomic E-state index is 6.36. The van der Waals surface area contributed by atoms with E-state index in [2.05, 4.69) is 42.4 Å². The molecule has 3 rings (SSSR count). The van der Waals surface area contributed by atoms with E-state index in [-0.39, 0.29) is 24.0 Å². The van der Waals surface area contributed by atoms with Crippen LogP contribution in [0.15, 0.2) is 23.2 Å². The topological polar surface area (TPSA) is 58.1 Å². The second kappa shape index (κ2) is 13.4. The highest BCUT2D eigenvalue weighted by Gasteiger charge is 2.22. The Kier molecular flexibility index (Phi) is 11.2. The minimum atomic E-state index is 0. The lowest BCUT2D eigenvalue weighted by molar-refractivity contribution is 0.167. The highest BCUT2D eigenvalue weighted by molar-refractivity contribution is 14.0. The maximum Gasteiger partial charge on any atom is 0.191 e. The average Bonchev–Trinajstić information content (AvgIpc) is 3.26. The van der Waals surface area contributed by atoms with E-state index in [1.165, 1.54) is 12.8 Å². The van der Waals surface area contributed by atoms with E-state index < -0.39 is 0 Å². The molecule has 0 aromatic heterocycles. The molecule has 2 N–H and O–H groups in total. The summed E-state index contributed by atoms with van der Waals surface area (Å²) in [5, 5.41) is 7.06. The molecule has 0 spiro atoms. The normalized spacial score (nSPS) is 18.7. The second-order valence-electron chi connectivity index (χ2n) is 8.72. The van der Waals surface area contributed by atoms with Crippen molar-refractivity contribution in [2.24, 2.45) is 4.99 Å². The number of halogens is 1. The third kappa shape index (κ3) is 7.70. The van der Waals surface area contributed by atoms with Gasteiger partial charge in [-0.15, -0.1) is 24.0 Å². The van der Waals surface area contributed by atoms with Gasteiger partial charge in [-0.25, -0.2) is 4.99 Å². The Hall–Kier alpha value is -1.22. The average molecular weight is 545 g/mol. The fraction of sp³-hybridized carbons (Fsp3) is 0.708. The zero-order valence-corrected chi connectivity index (χ0v) is 22.0. The van der Waals surface area contributed by atoms with Gasteiger partial charge in [-0.3, -0.25) is 0 Å². The Balaban J connectivity index is 0.00000341. The molecule has 0 radical (unpaired) electrons. The van der Waals surface area contributed by atoms with Crippen LogP contribution in [-0.2, 0) is 6.54 Å². The van der Waals surface area contributed by atoms with Crippen LogP contribution in [0.4, 0.5) is 0 Å². The van der Waals surface area contributed by atoms with Crippen molar-refractivity contribution in [3.05, 3.63) is 23.8 Å². The maximum atomic E-state index is 6.36. The van der Waals surface area contributed by atoms with E-state index in [1.54, 1.807) is 7.11 Å². The summed E-state index contributed by atoms with van der Waals surface area (Å²) in [5.41, 5.74) is 1.08. The lowest BCUT2D eigenvalue weighted by Crippen LogP contribution is -2.49. The van der Waals surface area contributed by atoms with E-state index in [4.69, 9.17) is 14.5 Å². The number of benzene rings is 1. The summed E-state index contributed by atoms with van der Waals surface area (Å²) in [6.07, 6.45) is 7.34. The monoisotopic (exact) mass is 544 g/mol. The van der Waals surface area contributed by atoms with Gasteiger partial charge in [-0.2, -0.15) is 0 Å². The summed E-state index contributed by atoms with van der Waals surface area (Å²) in [4.78, 5) is 7.43. The first-order valence-corrected chi connectivity index (χ1v) is 11.7. The number of nitrogens with zero attached hydrogens (tertiary/aromatic N) is 2. The minimum absolute atomic E-state index is 0. The number of hydrogen-bond donors (Lipinski definition) is 2. The second-order valence-corrected chi connectivity index (χ2v) is 8.72. The molecule has 1 aliphatic carbocycles. The first-order valence-electron chi connectivity index (χ1n) is 11.7. The highest BCUT2D eigenvalue weighted by Crippen LogP contribution is 2.35. The standard InChI is InChI=1S/C24H40N4O2.HI/c1-5-25-24(27-20-13-15-28(16-14-20)18(2)3)26-17-19-9-8-12-22(29-4)23(19)30-21-10-6-7-11-21;/h8-9,12,18,20-21H,5-7,10-11,13-17H2,1-4H3,(H2,25,26,27);1H. The SMILES string of the molecule is CCNC(=NCc1cccc(OC)c1OC1CCCC1)NC1CCN(C(C)C)CC1.I. The molecule has 1 saturated carbocycles. The molecular formula is C24H41IN4O2. The van der Waals surface area contributed by atoms with Crippen molar-refractivity contribution in [3.63, 3.8) is 0 Å². The van der Waals surface area contributed by atoms with Gasteiger partial charge in [0, 0.05) is 37.3 Å². The van der Waals surface area contributed by atoms with Gasteiger partial charge in [-0.1, -0.05) is 12.1 Å². The third-order valence-corrected chi connectivity index (χ3v) is 6.22. The number of aliphatic imine (C=N–C) groups is 1. The van der Waals surface area contributed by atoms with Crippen LogP contribution in [0, 0.1) is 0 Å². The van der Waals surface area contributed by atoms with E-state index in [0.717, 1.165) is 68.3 Å². The van der Waals surface area contributed by atoms with Gasteiger partial charge in [0.1, 0.15) is 0 Å². The molecule has 31 heavy (non-hydrogen) atoms. The molecule has 1 saturated heterocycles. The van der Waals surface area contributed by atoms with Crippen LogP contribution in [0.3, 0.4) is 0 Å². The van der Waals surface area contributed by atoms with Crippen LogP contribution in [-0.4, -0.2) is 55.8 Å². The Labute approximate surface area is 205 Å². The first kappa shape index (κ1) is 26.0. The molecule has 0 atom stereocenters. The molecule has 2 aliphatic rings. The van der Waals surface area contributed by atoms with E-state index in [0.29, 0.717) is 24.7 Å². The molecule has 7 heteroatoms. The Morgan fingerprint density at radius 3 is 2.48 bits per heavy atom. The number of para-hydroxylation sites is 1. The van der Waals surface area contributed by atoms with Crippen LogP contribution in [0.2, 0.25) is 0 Å². The molecular weight excluding hydrogens is 503 g/mol. The van der Waals surface area contributed by atoms with Gasteiger partial charge < -0.3 is 25.0 Å². The van der Waals surface area contributed by atoms with Crippen LogP contribution < -0.4 is 20.1 Å². The van der Waals surface area contributed by atoms with E-state index in [1.807, 2.05) is 12.1 Å². The van der Waals surface area contributed by atoms with Crippen molar-refractivity contribution in [1.29, 1.82) is 0 Å². The van der Waals surface area contributed by atoms with Crippen LogP contribution >= 0.6 is 24.0 Å². The molecule has 0 amide bonds. The van der Waals surface area contributed by atoms with E-state index in [9.17, 15) is 0 Å². The fourth-order valence-corrected chi connectivity index (χ4v) is 4.39. The molecule has 6 nitrogen and oxygen atoms in total. The van der Waals surface area contributed by atoms with Crippen molar-refractivity contribution in [2.75, 3.05) is 26.7 Å². The molecule has 2 fully saturated rings. The molecule has 0 unspecified atom stereocenters. The van der Waals surface area contributed by atoms with Crippen LogP contribution in [0.5, 0.6) is 11.5 Å².